The SMILES string of the molecule is CCCCCCc1cc(C(C)(C)CC)sc1-c1sc(C(C)(C)CC)cc1C. The van der Waals surface area contributed by atoms with Crippen molar-refractivity contribution in [1.29, 1.82) is 0 Å². The van der Waals surface area contributed by atoms with Gasteiger partial charge < -0.3 is 0 Å². The van der Waals surface area contributed by atoms with Gasteiger partial charge in [0, 0.05) is 19.5 Å². The van der Waals surface area contributed by atoms with Crippen LogP contribution in [0.2, 0.25) is 0 Å². The highest BCUT2D eigenvalue weighted by Crippen LogP contribution is 2.46. The zero-order valence-electron chi connectivity index (χ0n) is 18.9. The van der Waals surface area contributed by atoms with Crippen molar-refractivity contribution in [1.82, 2.24) is 0 Å². The van der Waals surface area contributed by atoms with Crippen molar-refractivity contribution >= 4 is 22.7 Å². The lowest BCUT2D eigenvalue weighted by Gasteiger charge is -2.20. The molecule has 0 aromatic carbocycles. The third-order valence-corrected chi connectivity index (χ3v) is 9.65. The first-order valence-electron chi connectivity index (χ1n) is 10.9. The highest BCUT2D eigenvalue weighted by Gasteiger charge is 2.26. The van der Waals surface area contributed by atoms with Crippen LogP contribution in [0.5, 0.6) is 0 Å². The third kappa shape index (κ3) is 5.26. The van der Waals surface area contributed by atoms with Crippen molar-refractivity contribution < 1.29 is 0 Å². The van der Waals surface area contributed by atoms with E-state index in [0.29, 0.717) is 0 Å². The van der Waals surface area contributed by atoms with Gasteiger partial charge in [0.25, 0.3) is 0 Å². The van der Waals surface area contributed by atoms with Crippen LogP contribution >= 0.6 is 22.7 Å². The summed E-state index contributed by atoms with van der Waals surface area (Å²) in [5, 5.41) is 0. The van der Waals surface area contributed by atoms with E-state index >= 15 is 0 Å². The maximum Gasteiger partial charge on any atom is 0.0480 e. The normalized spacial score (nSPS) is 12.7. The molecule has 0 fully saturated rings. The van der Waals surface area contributed by atoms with Crippen LogP contribution in [0, 0.1) is 6.92 Å². The van der Waals surface area contributed by atoms with Crippen LogP contribution in [-0.2, 0) is 17.3 Å². The second kappa shape index (κ2) is 9.27. The quantitative estimate of drug-likeness (QED) is 0.346. The van der Waals surface area contributed by atoms with E-state index in [1.165, 1.54) is 55.4 Å². The Balaban J connectivity index is 2.44. The van der Waals surface area contributed by atoms with E-state index in [1.807, 2.05) is 11.3 Å². The number of aryl methyl sites for hydroxylation is 2. The Labute approximate surface area is 176 Å². The van der Waals surface area contributed by atoms with Crippen LogP contribution in [0.4, 0.5) is 0 Å². The standard InChI is InChI=1S/C25H40S2/c1-9-12-13-14-15-19-17-21(25(7,8)11-3)27-23(19)22-18(4)16-20(26-22)24(5,6)10-2/h16-17H,9-15H2,1-8H3. The summed E-state index contributed by atoms with van der Waals surface area (Å²) in [5.41, 5.74) is 3.61. The average Bonchev–Trinajstić information content (AvgIpc) is 3.23. The van der Waals surface area contributed by atoms with Gasteiger partial charge in [-0.1, -0.05) is 67.7 Å². The van der Waals surface area contributed by atoms with Crippen LogP contribution < -0.4 is 0 Å². The molecule has 0 N–H and O–H groups in total. The van der Waals surface area contributed by atoms with Gasteiger partial charge in [-0.3, -0.25) is 0 Å². The molecule has 0 radical (unpaired) electrons. The fourth-order valence-electron chi connectivity index (χ4n) is 3.27. The minimum atomic E-state index is 0.276. The first-order chi connectivity index (χ1) is 12.7. The monoisotopic (exact) mass is 404 g/mol. The molecule has 0 atom stereocenters. The molecular weight excluding hydrogens is 364 g/mol. The molecule has 27 heavy (non-hydrogen) atoms. The molecule has 0 aliphatic heterocycles. The molecule has 2 aromatic rings. The lowest BCUT2D eigenvalue weighted by Crippen LogP contribution is -2.13. The molecule has 0 nitrogen and oxygen atoms in total. The van der Waals surface area contributed by atoms with Gasteiger partial charge in [0.1, 0.15) is 0 Å². The lowest BCUT2D eigenvalue weighted by atomic mass is 9.87. The second-order valence-corrected chi connectivity index (χ2v) is 11.5. The summed E-state index contributed by atoms with van der Waals surface area (Å²) in [6.45, 7) is 18.8. The van der Waals surface area contributed by atoms with Crippen molar-refractivity contribution in [2.24, 2.45) is 0 Å². The zero-order valence-corrected chi connectivity index (χ0v) is 20.6. The number of rotatable bonds is 10. The summed E-state index contributed by atoms with van der Waals surface area (Å²) in [5.74, 6) is 0. The summed E-state index contributed by atoms with van der Waals surface area (Å²) in [7, 11) is 0. The average molecular weight is 405 g/mol. The first kappa shape index (κ1) is 22.7. The molecular formula is C25H40S2. The van der Waals surface area contributed by atoms with E-state index in [0.717, 1.165) is 0 Å². The molecule has 0 aliphatic carbocycles. The molecule has 0 unspecified atom stereocenters. The molecule has 2 rings (SSSR count). The van der Waals surface area contributed by atoms with Crippen molar-refractivity contribution in [3.63, 3.8) is 0 Å². The van der Waals surface area contributed by atoms with Gasteiger partial charge in [0.15, 0.2) is 0 Å². The molecule has 2 heteroatoms. The molecule has 0 bridgehead atoms. The van der Waals surface area contributed by atoms with E-state index in [9.17, 15) is 0 Å². The van der Waals surface area contributed by atoms with Crippen LogP contribution in [0.1, 0.15) is 108 Å². The van der Waals surface area contributed by atoms with E-state index in [-0.39, 0.29) is 10.8 Å². The van der Waals surface area contributed by atoms with Crippen molar-refractivity contribution in [2.45, 2.75) is 111 Å². The summed E-state index contributed by atoms with van der Waals surface area (Å²) in [6.07, 6.45) is 8.96. The minimum absolute atomic E-state index is 0.276. The molecule has 2 aromatic heterocycles. The Bertz CT molecular complexity index is 728. The van der Waals surface area contributed by atoms with E-state index in [4.69, 9.17) is 0 Å². The van der Waals surface area contributed by atoms with Crippen molar-refractivity contribution in [3.8, 4) is 9.75 Å². The largest absolute Gasteiger partial charge is 0.139 e. The Hall–Kier alpha value is -0.600. The summed E-state index contributed by atoms with van der Waals surface area (Å²) >= 11 is 4.11. The Morgan fingerprint density at radius 1 is 0.741 bits per heavy atom. The van der Waals surface area contributed by atoms with Gasteiger partial charge in [-0.05, 0) is 66.7 Å². The van der Waals surface area contributed by atoms with Crippen LogP contribution in [0.3, 0.4) is 0 Å². The smallest absolute Gasteiger partial charge is 0.0480 e. The predicted octanol–water partition coefficient (Wildman–Crippen LogP) is 9.28. The Morgan fingerprint density at radius 2 is 1.30 bits per heavy atom. The fraction of sp³-hybridized carbons (Fsp3) is 0.680. The van der Waals surface area contributed by atoms with Crippen molar-refractivity contribution in [3.05, 3.63) is 33.0 Å². The molecule has 0 saturated carbocycles. The maximum atomic E-state index is 2.54. The van der Waals surface area contributed by atoms with Gasteiger partial charge in [-0.2, -0.15) is 0 Å². The van der Waals surface area contributed by atoms with Crippen molar-refractivity contribution in [2.75, 3.05) is 0 Å². The third-order valence-electron chi connectivity index (χ3n) is 6.33. The molecule has 0 aliphatic rings. The van der Waals surface area contributed by atoms with Crippen LogP contribution in [0.15, 0.2) is 12.1 Å². The van der Waals surface area contributed by atoms with Gasteiger partial charge >= 0.3 is 0 Å². The molecule has 152 valence electrons. The lowest BCUT2D eigenvalue weighted by molar-refractivity contribution is 0.516. The van der Waals surface area contributed by atoms with E-state index in [2.05, 4.69) is 78.9 Å². The Morgan fingerprint density at radius 3 is 1.85 bits per heavy atom. The second-order valence-electron chi connectivity index (χ2n) is 9.37. The number of hydrogen-bond acceptors (Lipinski definition) is 2. The van der Waals surface area contributed by atoms with Crippen LogP contribution in [0.25, 0.3) is 9.75 Å². The van der Waals surface area contributed by atoms with Gasteiger partial charge in [-0.15, -0.1) is 22.7 Å². The molecule has 2 heterocycles. The summed E-state index contributed by atoms with van der Waals surface area (Å²) in [6, 6.07) is 4.99. The fourth-order valence-corrected chi connectivity index (χ4v) is 6.23. The highest BCUT2D eigenvalue weighted by atomic mass is 32.1. The maximum absolute atomic E-state index is 2.54. The summed E-state index contributed by atoms with van der Waals surface area (Å²) < 4.78 is 0. The van der Waals surface area contributed by atoms with Gasteiger partial charge in [0.2, 0.25) is 0 Å². The van der Waals surface area contributed by atoms with E-state index in [1.54, 1.807) is 20.2 Å². The van der Waals surface area contributed by atoms with Gasteiger partial charge in [-0.25, -0.2) is 0 Å². The first-order valence-corrected chi connectivity index (χ1v) is 12.5. The molecule has 0 saturated heterocycles. The minimum Gasteiger partial charge on any atom is -0.139 e. The highest BCUT2D eigenvalue weighted by molar-refractivity contribution is 7.22. The van der Waals surface area contributed by atoms with E-state index < -0.39 is 0 Å². The number of hydrogen-bond donors (Lipinski definition) is 0. The molecule has 0 spiro atoms. The zero-order chi connectivity index (χ0) is 20.2. The molecule has 0 amide bonds. The Kier molecular flexibility index (Phi) is 7.78. The number of thiophene rings is 2. The number of unbranched alkanes of at least 4 members (excludes halogenated alkanes) is 3. The predicted molar refractivity (Wildman–Crippen MR) is 127 cm³/mol. The summed E-state index contributed by atoms with van der Waals surface area (Å²) in [4.78, 5) is 6.19. The topological polar surface area (TPSA) is 0 Å². The van der Waals surface area contributed by atoms with Gasteiger partial charge in [0.05, 0.1) is 0 Å². The van der Waals surface area contributed by atoms with Crippen LogP contribution in [-0.4, -0.2) is 0 Å².